The molecule has 0 unspecified atom stereocenters. The Bertz CT molecular complexity index is 1260. The summed E-state index contributed by atoms with van der Waals surface area (Å²) < 4.78 is 24.3. The first-order valence-corrected chi connectivity index (χ1v) is 11.0. The molecule has 0 saturated carbocycles. The van der Waals surface area contributed by atoms with Gasteiger partial charge in [0.15, 0.2) is 23.3 Å². The SMILES string of the molecule is COc1cccc(/C=C2/SC(=Nc3ccc(F)cc3)NC2=O)c1OCC(=O)Nc1ccccc1. The van der Waals surface area contributed by atoms with Gasteiger partial charge in [-0.3, -0.25) is 9.59 Å². The van der Waals surface area contributed by atoms with Gasteiger partial charge in [0, 0.05) is 11.3 Å². The first kappa shape index (κ1) is 23.1. The normalized spacial score (nSPS) is 15.3. The molecule has 2 amide bonds. The summed E-state index contributed by atoms with van der Waals surface area (Å²) in [5, 5.41) is 5.81. The predicted molar refractivity (Wildman–Crippen MR) is 131 cm³/mol. The van der Waals surface area contributed by atoms with Crippen LogP contribution in [0.2, 0.25) is 0 Å². The first-order valence-electron chi connectivity index (χ1n) is 10.2. The molecule has 4 rings (SSSR count). The molecule has 2 N–H and O–H groups in total. The number of ether oxygens (including phenoxy) is 2. The molecule has 1 aliphatic heterocycles. The Kier molecular flexibility index (Phi) is 7.24. The van der Waals surface area contributed by atoms with Gasteiger partial charge in [0.05, 0.1) is 17.7 Å². The molecule has 3 aromatic carbocycles. The van der Waals surface area contributed by atoms with E-state index in [-0.39, 0.29) is 24.2 Å². The molecular formula is C25H20FN3O4S. The highest BCUT2D eigenvalue weighted by Crippen LogP contribution is 2.35. The minimum atomic E-state index is -0.365. The van der Waals surface area contributed by atoms with Crippen molar-refractivity contribution in [2.45, 2.75) is 0 Å². The number of amides is 2. The van der Waals surface area contributed by atoms with Gasteiger partial charge in [-0.25, -0.2) is 9.38 Å². The topological polar surface area (TPSA) is 89.0 Å². The fourth-order valence-corrected chi connectivity index (χ4v) is 3.91. The summed E-state index contributed by atoms with van der Waals surface area (Å²) >= 11 is 1.14. The van der Waals surface area contributed by atoms with Gasteiger partial charge < -0.3 is 20.1 Å². The number of nitrogens with zero attached hydrogens (tertiary/aromatic N) is 1. The third kappa shape index (κ3) is 5.81. The number of carbonyl (C=O) groups is 2. The third-order valence-electron chi connectivity index (χ3n) is 4.63. The average molecular weight is 478 g/mol. The van der Waals surface area contributed by atoms with E-state index >= 15 is 0 Å². The molecule has 34 heavy (non-hydrogen) atoms. The molecule has 1 aliphatic rings. The van der Waals surface area contributed by atoms with Crippen molar-refractivity contribution in [3.05, 3.63) is 89.1 Å². The lowest BCUT2D eigenvalue weighted by Gasteiger charge is -2.13. The van der Waals surface area contributed by atoms with E-state index in [2.05, 4.69) is 15.6 Å². The second kappa shape index (κ2) is 10.7. The Morgan fingerprint density at radius 3 is 2.59 bits per heavy atom. The zero-order valence-electron chi connectivity index (χ0n) is 18.1. The second-order valence-electron chi connectivity index (χ2n) is 7.04. The summed E-state index contributed by atoms with van der Waals surface area (Å²) in [6.07, 6.45) is 1.64. The summed E-state index contributed by atoms with van der Waals surface area (Å²) in [7, 11) is 1.49. The van der Waals surface area contributed by atoms with Crippen LogP contribution in [0.3, 0.4) is 0 Å². The minimum Gasteiger partial charge on any atom is -0.493 e. The summed E-state index contributed by atoms with van der Waals surface area (Å²) in [4.78, 5) is 29.5. The molecule has 0 bridgehead atoms. The van der Waals surface area contributed by atoms with Crippen molar-refractivity contribution < 1.29 is 23.5 Å². The number of rotatable bonds is 7. The quantitative estimate of drug-likeness (QED) is 0.480. The number of hydrogen-bond acceptors (Lipinski definition) is 6. The van der Waals surface area contributed by atoms with Crippen LogP contribution in [0, 0.1) is 5.82 Å². The van der Waals surface area contributed by atoms with Gasteiger partial charge in [0.1, 0.15) is 5.82 Å². The standard InChI is InChI=1S/C25H20FN3O4S/c1-32-20-9-5-6-16(23(20)33-15-22(30)27-18-7-3-2-4-8-18)14-21-24(31)29-25(34-21)28-19-12-10-17(26)11-13-19/h2-14H,15H2,1H3,(H,27,30)(H,28,29,31)/b21-14+. The number of nitrogens with one attached hydrogen (secondary N) is 2. The van der Waals surface area contributed by atoms with Crippen LogP contribution < -0.4 is 20.1 Å². The Hall–Kier alpha value is -4.11. The van der Waals surface area contributed by atoms with Gasteiger partial charge in [0.25, 0.3) is 11.8 Å². The molecule has 1 saturated heterocycles. The number of hydrogen-bond donors (Lipinski definition) is 2. The van der Waals surface area contributed by atoms with Crippen molar-refractivity contribution in [1.82, 2.24) is 5.32 Å². The molecule has 0 atom stereocenters. The highest BCUT2D eigenvalue weighted by molar-refractivity contribution is 8.18. The zero-order chi connectivity index (χ0) is 23.9. The van der Waals surface area contributed by atoms with Gasteiger partial charge in [-0.1, -0.05) is 30.3 Å². The lowest BCUT2D eigenvalue weighted by molar-refractivity contribution is -0.118. The maximum absolute atomic E-state index is 13.1. The number of carbonyl (C=O) groups excluding carboxylic acids is 2. The van der Waals surface area contributed by atoms with Gasteiger partial charge >= 0.3 is 0 Å². The monoisotopic (exact) mass is 477 g/mol. The summed E-state index contributed by atoms with van der Waals surface area (Å²) in [5.74, 6) is -0.280. The molecule has 1 heterocycles. The molecule has 0 aromatic heterocycles. The molecule has 3 aromatic rings. The van der Waals surface area contributed by atoms with E-state index in [4.69, 9.17) is 9.47 Å². The van der Waals surface area contributed by atoms with Crippen LogP contribution in [-0.2, 0) is 9.59 Å². The van der Waals surface area contributed by atoms with Crippen LogP contribution in [-0.4, -0.2) is 30.7 Å². The number of aliphatic imine (C=N–C) groups is 1. The molecule has 7 nitrogen and oxygen atoms in total. The van der Waals surface area contributed by atoms with Crippen molar-refractivity contribution in [3.63, 3.8) is 0 Å². The largest absolute Gasteiger partial charge is 0.493 e. The molecule has 1 fully saturated rings. The van der Waals surface area contributed by atoms with Gasteiger partial charge in [-0.05, 0) is 60.3 Å². The number of anilines is 1. The van der Waals surface area contributed by atoms with Gasteiger partial charge in [-0.15, -0.1) is 0 Å². The number of halogens is 1. The average Bonchev–Trinajstić information content (AvgIpc) is 3.18. The van der Waals surface area contributed by atoms with Crippen molar-refractivity contribution >= 4 is 46.2 Å². The van der Waals surface area contributed by atoms with E-state index in [0.29, 0.717) is 38.5 Å². The number of para-hydroxylation sites is 2. The lowest BCUT2D eigenvalue weighted by atomic mass is 10.1. The zero-order valence-corrected chi connectivity index (χ0v) is 18.9. The van der Waals surface area contributed by atoms with E-state index in [0.717, 1.165) is 11.8 Å². The lowest BCUT2D eigenvalue weighted by Crippen LogP contribution is -2.20. The molecule has 0 radical (unpaired) electrons. The van der Waals surface area contributed by atoms with Crippen molar-refractivity contribution in [3.8, 4) is 11.5 Å². The third-order valence-corrected chi connectivity index (χ3v) is 5.54. The van der Waals surface area contributed by atoms with Crippen LogP contribution in [0.25, 0.3) is 6.08 Å². The van der Waals surface area contributed by atoms with Crippen LogP contribution >= 0.6 is 11.8 Å². The van der Waals surface area contributed by atoms with Gasteiger partial charge in [-0.2, -0.15) is 0 Å². The van der Waals surface area contributed by atoms with E-state index in [1.165, 1.54) is 31.4 Å². The first-order chi connectivity index (χ1) is 16.5. The summed E-state index contributed by atoms with van der Waals surface area (Å²) in [6.45, 7) is -0.248. The maximum atomic E-state index is 13.1. The van der Waals surface area contributed by atoms with Crippen LogP contribution in [0.4, 0.5) is 15.8 Å². The number of amidine groups is 1. The summed E-state index contributed by atoms with van der Waals surface area (Å²) in [5.41, 5.74) is 1.73. The highest BCUT2D eigenvalue weighted by atomic mass is 32.2. The summed E-state index contributed by atoms with van der Waals surface area (Å²) in [6, 6.07) is 19.9. The van der Waals surface area contributed by atoms with E-state index in [1.54, 1.807) is 36.4 Å². The number of thioether (sulfide) groups is 1. The molecule has 0 aliphatic carbocycles. The smallest absolute Gasteiger partial charge is 0.264 e. The van der Waals surface area contributed by atoms with Crippen LogP contribution in [0.1, 0.15) is 5.56 Å². The molecule has 9 heteroatoms. The molecule has 172 valence electrons. The van der Waals surface area contributed by atoms with Crippen LogP contribution in [0.15, 0.2) is 82.7 Å². The second-order valence-corrected chi connectivity index (χ2v) is 8.07. The van der Waals surface area contributed by atoms with E-state index in [1.807, 2.05) is 18.2 Å². The Labute approximate surface area is 199 Å². The molecular weight excluding hydrogens is 457 g/mol. The van der Waals surface area contributed by atoms with Crippen molar-refractivity contribution in [2.75, 3.05) is 19.0 Å². The highest BCUT2D eigenvalue weighted by Gasteiger charge is 2.25. The number of methoxy groups -OCH3 is 1. The maximum Gasteiger partial charge on any atom is 0.264 e. The fraction of sp³-hybridized carbons (Fsp3) is 0.0800. The minimum absolute atomic E-state index is 0.248. The van der Waals surface area contributed by atoms with E-state index in [9.17, 15) is 14.0 Å². The Balaban J connectivity index is 1.52. The van der Waals surface area contributed by atoms with E-state index < -0.39 is 0 Å². The van der Waals surface area contributed by atoms with Crippen molar-refractivity contribution in [1.29, 1.82) is 0 Å². The Morgan fingerprint density at radius 2 is 1.85 bits per heavy atom. The van der Waals surface area contributed by atoms with Crippen molar-refractivity contribution in [2.24, 2.45) is 4.99 Å². The van der Waals surface area contributed by atoms with Gasteiger partial charge in [0.2, 0.25) is 0 Å². The van der Waals surface area contributed by atoms with Crippen LogP contribution in [0.5, 0.6) is 11.5 Å². The fourth-order valence-electron chi connectivity index (χ4n) is 3.07. The molecule has 0 spiro atoms. The number of benzene rings is 3. The predicted octanol–water partition coefficient (Wildman–Crippen LogP) is 4.74. The Morgan fingerprint density at radius 1 is 1.09 bits per heavy atom.